The van der Waals surface area contributed by atoms with Gasteiger partial charge in [0.05, 0.1) is 20.6 Å². The summed E-state index contributed by atoms with van der Waals surface area (Å²) in [4.78, 5) is 29.1. The summed E-state index contributed by atoms with van der Waals surface area (Å²) in [5.41, 5.74) is 2.09. The van der Waals surface area contributed by atoms with Crippen LogP contribution < -0.4 is 9.62 Å². The monoisotopic (exact) mass is 617 g/mol. The standard InChI is InChI=1S/C31H37Cl2N3O4S/c1-7-27(30(38)34-31(4,5)6)35(19-23-14-17-25(32)26(33)18-23)29(37)20-36(28-11-9-8-10-22(28)3)41(39,40)24-15-12-21(2)13-16-24/h8-18,27H,7,19-20H2,1-6H3,(H,34,38)/t27-/m0/s1. The summed E-state index contributed by atoms with van der Waals surface area (Å²) in [6, 6.07) is 17.6. The van der Waals surface area contributed by atoms with E-state index in [4.69, 9.17) is 23.2 Å². The molecular formula is C31H37Cl2N3O4S. The molecule has 220 valence electrons. The first kappa shape index (κ1) is 32.4. The number of sulfonamides is 1. The van der Waals surface area contributed by atoms with Crippen LogP contribution in [0.5, 0.6) is 0 Å². The van der Waals surface area contributed by atoms with Crippen LogP contribution in [0.3, 0.4) is 0 Å². The van der Waals surface area contributed by atoms with Crippen molar-refractivity contribution in [3.63, 3.8) is 0 Å². The van der Waals surface area contributed by atoms with Gasteiger partial charge in [0.1, 0.15) is 12.6 Å². The largest absolute Gasteiger partial charge is 0.350 e. The van der Waals surface area contributed by atoms with E-state index in [-0.39, 0.29) is 17.3 Å². The molecule has 0 saturated heterocycles. The molecular weight excluding hydrogens is 581 g/mol. The van der Waals surface area contributed by atoms with Crippen LogP contribution >= 0.6 is 23.2 Å². The zero-order valence-corrected chi connectivity index (χ0v) is 26.6. The molecule has 0 aliphatic carbocycles. The lowest BCUT2D eigenvalue weighted by atomic mass is 10.1. The Hall–Kier alpha value is -3.07. The van der Waals surface area contributed by atoms with Gasteiger partial charge in [-0.15, -0.1) is 0 Å². The number of anilines is 1. The van der Waals surface area contributed by atoms with Crippen LogP contribution in [-0.2, 0) is 26.2 Å². The summed E-state index contributed by atoms with van der Waals surface area (Å²) < 4.78 is 29.1. The van der Waals surface area contributed by atoms with E-state index in [0.717, 1.165) is 9.87 Å². The summed E-state index contributed by atoms with van der Waals surface area (Å²) >= 11 is 12.4. The van der Waals surface area contributed by atoms with E-state index < -0.39 is 34.1 Å². The van der Waals surface area contributed by atoms with Gasteiger partial charge in [0.2, 0.25) is 11.8 Å². The number of halogens is 2. The molecule has 1 N–H and O–H groups in total. The Bertz CT molecular complexity index is 1500. The predicted molar refractivity (Wildman–Crippen MR) is 166 cm³/mol. The third-order valence-electron chi connectivity index (χ3n) is 6.49. The minimum Gasteiger partial charge on any atom is -0.350 e. The van der Waals surface area contributed by atoms with Gasteiger partial charge in [0.15, 0.2) is 0 Å². The molecule has 0 unspecified atom stereocenters. The lowest BCUT2D eigenvalue weighted by Gasteiger charge is -2.35. The van der Waals surface area contributed by atoms with E-state index in [2.05, 4.69) is 5.32 Å². The van der Waals surface area contributed by atoms with E-state index in [1.54, 1.807) is 61.5 Å². The zero-order chi connectivity index (χ0) is 30.5. The Balaban J connectivity index is 2.10. The molecule has 0 saturated carbocycles. The van der Waals surface area contributed by atoms with Crippen molar-refractivity contribution >= 4 is 50.7 Å². The number of carbonyl (C=O) groups is 2. The molecule has 3 rings (SSSR count). The molecule has 0 aromatic heterocycles. The van der Waals surface area contributed by atoms with Gasteiger partial charge >= 0.3 is 0 Å². The van der Waals surface area contributed by atoms with Crippen LogP contribution in [0.4, 0.5) is 5.69 Å². The van der Waals surface area contributed by atoms with Crippen LogP contribution in [0.1, 0.15) is 50.8 Å². The van der Waals surface area contributed by atoms with E-state index >= 15 is 0 Å². The van der Waals surface area contributed by atoms with Crippen molar-refractivity contribution in [1.82, 2.24) is 10.2 Å². The van der Waals surface area contributed by atoms with Gasteiger partial charge in [0, 0.05) is 12.1 Å². The predicted octanol–water partition coefficient (Wildman–Crippen LogP) is 6.53. The fraction of sp³-hybridized carbons (Fsp3) is 0.355. The molecule has 0 aliphatic heterocycles. The Morgan fingerprint density at radius 1 is 0.927 bits per heavy atom. The van der Waals surface area contributed by atoms with Crippen LogP contribution in [0.15, 0.2) is 71.6 Å². The maximum atomic E-state index is 14.2. The maximum absolute atomic E-state index is 14.2. The third-order valence-corrected chi connectivity index (χ3v) is 9.01. The normalized spacial score (nSPS) is 12.5. The number of hydrogen-bond acceptors (Lipinski definition) is 4. The number of para-hydroxylation sites is 1. The summed E-state index contributed by atoms with van der Waals surface area (Å²) in [6.07, 6.45) is 0.310. The minimum atomic E-state index is -4.14. The van der Waals surface area contributed by atoms with Crippen molar-refractivity contribution in [2.24, 2.45) is 0 Å². The highest BCUT2D eigenvalue weighted by Crippen LogP contribution is 2.28. The maximum Gasteiger partial charge on any atom is 0.264 e. The molecule has 0 bridgehead atoms. The smallest absolute Gasteiger partial charge is 0.264 e. The summed E-state index contributed by atoms with van der Waals surface area (Å²) in [5.74, 6) is -0.872. The highest BCUT2D eigenvalue weighted by atomic mass is 35.5. The van der Waals surface area contributed by atoms with Crippen molar-refractivity contribution in [1.29, 1.82) is 0 Å². The summed E-state index contributed by atoms with van der Waals surface area (Å²) in [5, 5.41) is 3.63. The quantitative estimate of drug-likeness (QED) is 0.280. The van der Waals surface area contributed by atoms with E-state index in [9.17, 15) is 18.0 Å². The van der Waals surface area contributed by atoms with Gasteiger partial charge in [-0.1, -0.05) is 72.1 Å². The van der Waals surface area contributed by atoms with Crippen molar-refractivity contribution in [3.05, 3.63) is 93.5 Å². The second kappa shape index (κ2) is 13.3. The third kappa shape index (κ3) is 8.24. The second-order valence-corrected chi connectivity index (χ2v) is 13.7. The van der Waals surface area contributed by atoms with Crippen molar-refractivity contribution in [2.45, 2.75) is 71.0 Å². The molecule has 10 heteroatoms. The van der Waals surface area contributed by atoms with Gasteiger partial charge in [-0.05, 0) is 82.5 Å². The molecule has 41 heavy (non-hydrogen) atoms. The number of amides is 2. The van der Waals surface area contributed by atoms with Crippen LogP contribution in [0.2, 0.25) is 10.0 Å². The molecule has 3 aromatic carbocycles. The number of carbonyl (C=O) groups excluding carboxylic acids is 2. The van der Waals surface area contributed by atoms with E-state index in [1.165, 1.54) is 17.0 Å². The minimum absolute atomic E-state index is 0.0258. The Labute approximate surface area is 253 Å². The first-order valence-electron chi connectivity index (χ1n) is 13.3. The van der Waals surface area contributed by atoms with E-state index in [1.807, 2.05) is 34.6 Å². The lowest BCUT2D eigenvalue weighted by molar-refractivity contribution is -0.141. The highest BCUT2D eigenvalue weighted by Gasteiger charge is 2.35. The Kier molecular flexibility index (Phi) is 10.5. The second-order valence-electron chi connectivity index (χ2n) is 11.0. The van der Waals surface area contributed by atoms with Crippen LogP contribution in [0, 0.1) is 13.8 Å². The summed E-state index contributed by atoms with van der Waals surface area (Å²) in [7, 11) is -4.14. The topological polar surface area (TPSA) is 86.8 Å². The highest BCUT2D eigenvalue weighted by molar-refractivity contribution is 7.92. The lowest BCUT2D eigenvalue weighted by Crippen LogP contribution is -2.55. The fourth-order valence-electron chi connectivity index (χ4n) is 4.40. The molecule has 0 heterocycles. The first-order valence-corrected chi connectivity index (χ1v) is 15.5. The molecule has 7 nitrogen and oxygen atoms in total. The molecule has 0 spiro atoms. The van der Waals surface area contributed by atoms with Gasteiger partial charge in [-0.2, -0.15) is 0 Å². The van der Waals surface area contributed by atoms with E-state index in [0.29, 0.717) is 33.3 Å². The molecule has 0 aliphatic rings. The van der Waals surface area contributed by atoms with Crippen molar-refractivity contribution in [2.75, 3.05) is 10.8 Å². The Morgan fingerprint density at radius 3 is 2.12 bits per heavy atom. The number of nitrogens with one attached hydrogen (secondary N) is 1. The van der Waals surface area contributed by atoms with Gasteiger partial charge in [-0.3, -0.25) is 13.9 Å². The molecule has 0 radical (unpaired) electrons. The van der Waals surface area contributed by atoms with Crippen molar-refractivity contribution < 1.29 is 18.0 Å². The van der Waals surface area contributed by atoms with Crippen molar-refractivity contribution in [3.8, 4) is 0 Å². The summed E-state index contributed by atoms with van der Waals surface area (Å²) in [6.45, 7) is 10.6. The molecule has 3 aromatic rings. The van der Waals surface area contributed by atoms with Crippen LogP contribution in [0.25, 0.3) is 0 Å². The van der Waals surface area contributed by atoms with Gasteiger partial charge in [-0.25, -0.2) is 8.42 Å². The fourth-order valence-corrected chi connectivity index (χ4v) is 6.20. The number of nitrogens with zero attached hydrogens (tertiary/aromatic N) is 2. The molecule has 1 atom stereocenters. The molecule has 0 fully saturated rings. The van der Waals surface area contributed by atoms with Crippen LogP contribution in [-0.4, -0.2) is 43.3 Å². The Morgan fingerprint density at radius 2 is 1.56 bits per heavy atom. The average molecular weight is 619 g/mol. The SMILES string of the molecule is CC[C@@H](C(=O)NC(C)(C)C)N(Cc1ccc(Cl)c(Cl)c1)C(=O)CN(c1ccccc1C)S(=O)(=O)c1ccc(C)cc1. The average Bonchev–Trinajstić information content (AvgIpc) is 2.88. The first-order chi connectivity index (χ1) is 19.1. The molecule has 2 amide bonds. The number of hydrogen-bond donors (Lipinski definition) is 1. The zero-order valence-electron chi connectivity index (χ0n) is 24.2. The number of rotatable bonds is 10. The van der Waals surface area contributed by atoms with Gasteiger partial charge < -0.3 is 10.2 Å². The van der Waals surface area contributed by atoms with Gasteiger partial charge in [0.25, 0.3) is 10.0 Å². The number of benzene rings is 3. The number of aryl methyl sites for hydroxylation is 2.